The average Bonchev–Trinajstić information content (AvgIpc) is 2.22. The molecule has 0 heterocycles. The highest BCUT2D eigenvalue weighted by Gasteiger charge is 2.23. The van der Waals surface area contributed by atoms with E-state index in [0.29, 0.717) is 0 Å². The zero-order valence-electron chi connectivity index (χ0n) is 8.96. The zero-order valence-corrected chi connectivity index (χ0v) is 9.71. The van der Waals surface area contributed by atoms with Crippen molar-refractivity contribution in [1.29, 1.82) is 0 Å². The average molecular weight is 247 g/mol. The summed E-state index contributed by atoms with van der Waals surface area (Å²) in [6.45, 7) is 3.23. The highest BCUT2D eigenvalue weighted by Crippen LogP contribution is 2.25. The molecular weight excluding hydrogens is 235 g/mol. The summed E-state index contributed by atoms with van der Waals surface area (Å²) in [5.41, 5.74) is 0.106. The first-order valence-corrected chi connectivity index (χ1v) is 5.15. The van der Waals surface area contributed by atoms with Crippen LogP contribution < -0.4 is 0 Å². The van der Waals surface area contributed by atoms with E-state index in [2.05, 4.69) is 4.74 Å². The van der Waals surface area contributed by atoms with Crippen molar-refractivity contribution in [3.63, 3.8) is 0 Å². The van der Waals surface area contributed by atoms with Crippen molar-refractivity contribution in [3.05, 3.63) is 34.1 Å². The summed E-state index contributed by atoms with van der Waals surface area (Å²) in [4.78, 5) is 11.2. The Kier molecular flexibility index (Phi) is 4.26. The molecule has 0 spiro atoms. The van der Waals surface area contributed by atoms with Gasteiger partial charge in [-0.3, -0.25) is 0 Å². The Balaban J connectivity index is 3.08. The van der Waals surface area contributed by atoms with Crippen molar-refractivity contribution in [2.45, 2.75) is 20.0 Å². The monoisotopic (exact) mass is 246 g/mol. The molecule has 1 N–H and O–H groups in total. The molecule has 0 saturated carbocycles. The second kappa shape index (κ2) is 5.27. The van der Waals surface area contributed by atoms with E-state index in [1.54, 1.807) is 6.92 Å². The van der Waals surface area contributed by atoms with Crippen molar-refractivity contribution in [2.75, 3.05) is 6.61 Å². The molecule has 0 saturated heterocycles. The molecule has 0 amide bonds. The molecule has 16 heavy (non-hydrogen) atoms. The Morgan fingerprint density at radius 1 is 1.62 bits per heavy atom. The maximum atomic E-state index is 13.6. The SMILES string of the molecule is CCOC(=O)C(O)c1cc(Cl)cc(C)c1F. The lowest BCUT2D eigenvalue weighted by Gasteiger charge is -2.12. The number of aliphatic hydroxyl groups excluding tert-OH is 1. The summed E-state index contributed by atoms with van der Waals surface area (Å²) >= 11 is 5.72. The fraction of sp³-hybridized carbons (Fsp3) is 0.364. The van der Waals surface area contributed by atoms with Crippen LogP contribution in [-0.2, 0) is 9.53 Å². The van der Waals surface area contributed by atoms with Crippen LogP contribution >= 0.6 is 11.6 Å². The third-order valence-electron chi connectivity index (χ3n) is 2.05. The van der Waals surface area contributed by atoms with Gasteiger partial charge in [0.25, 0.3) is 0 Å². The number of ether oxygens (including phenoxy) is 1. The van der Waals surface area contributed by atoms with Gasteiger partial charge in [-0.1, -0.05) is 11.6 Å². The number of aryl methyl sites for hydroxylation is 1. The normalized spacial score (nSPS) is 12.3. The number of aliphatic hydroxyl groups is 1. The molecule has 1 rings (SSSR count). The van der Waals surface area contributed by atoms with Crippen LogP contribution in [0.2, 0.25) is 5.02 Å². The van der Waals surface area contributed by atoms with Gasteiger partial charge < -0.3 is 9.84 Å². The first-order chi connectivity index (χ1) is 7.47. The van der Waals surface area contributed by atoms with Gasteiger partial charge in [-0.05, 0) is 31.5 Å². The minimum atomic E-state index is -1.64. The molecule has 1 atom stereocenters. The van der Waals surface area contributed by atoms with Crippen molar-refractivity contribution in [1.82, 2.24) is 0 Å². The maximum absolute atomic E-state index is 13.6. The molecule has 88 valence electrons. The van der Waals surface area contributed by atoms with Gasteiger partial charge >= 0.3 is 5.97 Å². The smallest absolute Gasteiger partial charge is 0.339 e. The lowest BCUT2D eigenvalue weighted by atomic mass is 10.1. The van der Waals surface area contributed by atoms with Gasteiger partial charge in [0.2, 0.25) is 0 Å². The Hall–Kier alpha value is -1.13. The minimum Gasteiger partial charge on any atom is -0.464 e. The molecule has 5 heteroatoms. The Labute approximate surface area is 97.8 Å². The summed E-state index contributed by atoms with van der Waals surface area (Å²) < 4.78 is 18.2. The number of halogens is 2. The van der Waals surface area contributed by atoms with Gasteiger partial charge in [-0.2, -0.15) is 0 Å². The minimum absolute atomic E-state index is 0.122. The molecule has 0 aromatic heterocycles. The predicted molar refractivity (Wildman–Crippen MR) is 57.7 cm³/mol. The standard InChI is InChI=1S/C11H12ClFO3/c1-3-16-11(15)10(14)8-5-7(12)4-6(2)9(8)13/h4-5,10,14H,3H2,1-2H3. The number of hydrogen-bond acceptors (Lipinski definition) is 3. The lowest BCUT2D eigenvalue weighted by molar-refractivity contribution is -0.153. The van der Waals surface area contributed by atoms with E-state index >= 15 is 0 Å². The third-order valence-corrected chi connectivity index (χ3v) is 2.27. The highest BCUT2D eigenvalue weighted by molar-refractivity contribution is 6.30. The molecular formula is C11H12ClFO3. The number of esters is 1. The molecule has 0 aliphatic carbocycles. The van der Waals surface area contributed by atoms with E-state index in [1.165, 1.54) is 19.1 Å². The zero-order chi connectivity index (χ0) is 12.3. The quantitative estimate of drug-likeness (QED) is 0.833. The van der Waals surface area contributed by atoms with Crippen LogP contribution in [0.3, 0.4) is 0 Å². The number of hydrogen-bond donors (Lipinski definition) is 1. The van der Waals surface area contributed by atoms with E-state index in [-0.39, 0.29) is 22.8 Å². The van der Waals surface area contributed by atoms with Crippen molar-refractivity contribution < 1.29 is 19.0 Å². The lowest BCUT2D eigenvalue weighted by Crippen LogP contribution is -2.17. The largest absolute Gasteiger partial charge is 0.464 e. The number of benzene rings is 1. The summed E-state index contributed by atoms with van der Waals surface area (Å²) in [5, 5.41) is 9.84. The first kappa shape index (κ1) is 12.9. The first-order valence-electron chi connectivity index (χ1n) is 4.77. The molecule has 0 bridgehead atoms. The van der Waals surface area contributed by atoms with Gasteiger partial charge in [0.15, 0.2) is 6.10 Å². The molecule has 0 radical (unpaired) electrons. The van der Waals surface area contributed by atoms with Crippen LogP contribution in [0.25, 0.3) is 0 Å². The summed E-state index contributed by atoms with van der Waals surface area (Å²) in [6, 6.07) is 2.63. The molecule has 0 fully saturated rings. The van der Waals surface area contributed by atoms with E-state index in [1.807, 2.05) is 0 Å². The Morgan fingerprint density at radius 3 is 2.81 bits per heavy atom. The molecule has 0 aliphatic heterocycles. The summed E-state index contributed by atoms with van der Waals surface area (Å²) in [6.07, 6.45) is -1.64. The second-order valence-corrected chi connectivity index (χ2v) is 3.72. The topological polar surface area (TPSA) is 46.5 Å². The van der Waals surface area contributed by atoms with E-state index in [9.17, 15) is 14.3 Å². The van der Waals surface area contributed by atoms with Crippen LogP contribution in [0.15, 0.2) is 12.1 Å². The van der Waals surface area contributed by atoms with Crippen molar-refractivity contribution >= 4 is 17.6 Å². The molecule has 1 unspecified atom stereocenters. The van der Waals surface area contributed by atoms with Crippen molar-refractivity contribution in [3.8, 4) is 0 Å². The highest BCUT2D eigenvalue weighted by atomic mass is 35.5. The van der Waals surface area contributed by atoms with E-state index in [4.69, 9.17) is 11.6 Å². The van der Waals surface area contributed by atoms with Crippen LogP contribution in [0.4, 0.5) is 4.39 Å². The molecule has 1 aromatic rings. The fourth-order valence-electron chi connectivity index (χ4n) is 1.30. The summed E-state index contributed by atoms with van der Waals surface area (Å²) in [5.74, 6) is -1.53. The fourth-order valence-corrected chi connectivity index (χ4v) is 1.58. The van der Waals surface area contributed by atoms with Crippen molar-refractivity contribution in [2.24, 2.45) is 0 Å². The van der Waals surface area contributed by atoms with E-state index in [0.717, 1.165) is 0 Å². The number of carbonyl (C=O) groups excluding carboxylic acids is 1. The van der Waals surface area contributed by atoms with Crippen LogP contribution in [0.5, 0.6) is 0 Å². The maximum Gasteiger partial charge on any atom is 0.339 e. The van der Waals surface area contributed by atoms with Gasteiger partial charge in [0.1, 0.15) is 5.82 Å². The van der Waals surface area contributed by atoms with Crippen LogP contribution in [0, 0.1) is 12.7 Å². The van der Waals surface area contributed by atoms with Crippen LogP contribution in [0.1, 0.15) is 24.2 Å². The third kappa shape index (κ3) is 2.71. The van der Waals surface area contributed by atoms with E-state index < -0.39 is 17.9 Å². The molecule has 0 aliphatic rings. The van der Waals surface area contributed by atoms with Gasteiger partial charge in [0, 0.05) is 10.6 Å². The summed E-state index contributed by atoms with van der Waals surface area (Å²) in [7, 11) is 0. The number of rotatable bonds is 3. The van der Waals surface area contributed by atoms with Crippen LogP contribution in [-0.4, -0.2) is 17.7 Å². The predicted octanol–water partition coefficient (Wildman–Crippen LogP) is 2.38. The van der Waals surface area contributed by atoms with Gasteiger partial charge in [0.05, 0.1) is 6.61 Å². The molecule has 1 aromatic carbocycles. The van der Waals surface area contributed by atoms with Gasteiger partial charge in [-0.15, -0.1) is 0 Å². The number of carbonyl (C=O) groups is 1. The second-order valence-electron chi connectivity index (χ2n) is 3.28. The molecule has 3 nitrogen and oxygen atoms in total. The van der Waals surface area contributed by atoms with Gasteiger partial charge in [-0.25, -0.2) is 9.18 Å². The Bertz CT molecular complexity index is 406. The Morgan fingerprint density at radius 2 is 2.25 bits per heavy atom.